The fourth-order valence-corrected chi connectivity index (χ4v) is 2.93. The molecule has 0 unspecified atom stereocenters. The summed E-state index contributed by atoms with van der Waals surface area (Å²) in [6.07, 6.45) is 5.87. The minimum absolute atomic E-state index is 0.143. The number of nitrogens with zero attached hydrogens (tertiary/aromatic N) is 1. The van der Waals surface area contributed by atoms with E-state index >= 15 is 0 Å². The average Bonchev–Trinajstić information content (AvgIpc) is 2.54. The van der Waals surface area contributed by atoms with Crippen LogP contribution in [0.4, 0.5) is 0 Å². The standard InChI is InChI=1S/C16H22N2O4/c1-22-15(21)16(9-4-2-5-10-16)17-13(19)8-12-18-11-6-3-7-14(18)20/h3,6-7,11H,2,4-5,8-10,12H2,1H3,(H,17,19). The molecule has 1 aliphatic rings. The van der Waals surface area contributed by atoms with Crippen LogP contribution in [0, 0.1) is 0 Å². The zero-order valence-electron chi connectivity index (χ0n) is 12.8. The van der Waals surface area contributed by atoms with Crippen LogP contribution in [-0.4, -0.2) is 29.1 Å². The lowest BCUT2D eigenvalue weighted by atomic mass is 9.81. The molecule has 0 atom stereocenters. The summed E-state index contributed by atoms with van der Waals surface area (Å²) in [7, 11) is 1.34. The fourth-order valence-electron chi connectivity index (χ4n) is 2.93. The first-order valence-electron chi connectivity index (χ1n) is 7.62. The molecule has 22 heavy (non-hydrogen) atoms. The molecule has 1 aromatic rings. The molecule has 1 aliphatic carbocycles. The molecule has 120 valence electrons. The van der Waals surface area contributed by atoms with Crippen LogP contribution in [-0.2, 0) is 20.9 Å². The van der Waals surface area contributed by atoms with Gasteiger partial charge in [-0.2, -0.15) is 0 Å². The largest absolute Gasteiger partial charge is 0.467 e. The van der Waals surface area contributed by atoms with E-state index in [1.54, 1.807) is 18.3 Å². The number of aryl methyl sites for hydroxylation is 1. The Morgan fingerprint density at radius 2 is 2.00 bits per heavy atom. The molecule has 1 saturated carbocycles. The van der Waals surface area contributed by atoms with Gasteiger partial charge in [-0.05, 0) is 18.9 Å². The van der Waals surface area contributed by atoms with E-state index < -0.39 is 5.54 Å². The van der Waals surface area contributed by atoms with Crippen LogP contribution < -0.4 is 10.9 Å². The van der Waals surface area contributed by atoms with Crippen molar-refractivity contribution in [3.05, 3.63) is 34.7 Å². The van der Waals surface area contributed by atoms with Crippen LogP contribution in [0.3, 0.4) is 0 Å². The summed E-state index contributed by atoms with van der Waals surface area (Å²) in [5.74, 6) is -0.611. The molecule has 6 nitrogen and oxygen atoms in total. The van der Waals surface area contributed by atoms with Gasteiger partial charge in [0, 0.05) is 25.2 Å². The van der Waals surface area contributed by atoms with Crippen molar-refractivity contribution in [2.24, 2.45) is 0 Å². The molecule has 1 aromatic heterocycles. The zero-order chi connectivity index (χ0) is 16.0. The molecule has 0 aliphatic heterocycles. The first kappa shape index (κ1) is 16.3. The van der Waals surface area contributed by atoms with Gasteiger partial charge in [0.05, 0.1) is 7.11 Å². The van der Waals surface area contributed by atoms with Crippen LogP contribution in [0.2, 0.25) is 0 Å². The lowest BCUT2D eigenvalue weighted by Crippen LogP contribution is -2.56. The Balaban J connectivity index is 1.98. The van der Waals surface area contributed by atoms with Crippen LogP contribution in [0.1, 0.15) is 38.5 Å². The Morgan fingerprint density at radius 3 is 2.64 bits per heavy atom. The van der Waals surface area contributed by atoms with Gasteiger partial charge in [-0.25, -0.2) is 4.79 Å². The minimum Gasteiger partial charge on any atom is -0.467 e. The first-order chi connectivity index (χ1) is 10.6. The van der Waals surface area contributed by atoms with Crippen molar-refractivity contribution in [2.45, 2.75) is 50.6 Å². The number of hydrogen-bond donors (Lipinski definition) is 1. The Hall–Kier alpha value is -2.11. The third-order valence-electron chi connectivity index (χ3n) is 4.14. The number of rotatable bonds is 5. The number of nitrogens with one attached hydrogen (secondary N) is 1. The highest BCUT2D eigenvalue weighted by Gasteiger charge is 2.41. The molecule has 0 radical (unpaired) electrons. The van der Waals surface area contributed by atoms with Gasteiger partial charge < -0.3 is 14.6 Å². The Kier molecular flexibility index (Phi) is 5.35. The molecule has 6 heteroatoms. The quantitative estimate of drug-likeness (QED) is 0.830. The maximum Gasteiger partial charge on any atom is 0.331 e. The summed E-state index contributed by atoms with van der Waals surface area (Å²) >= 11 is 0. The van der Waals surface area contributed by atoms with Crippen molar-refractivity contribution in [3.63, 3.8) is 0 Å². The molecule has 0 spiro atoms. The topological polar surface area (TPSA) is 77.4 Å². The van der Waals surface area contributed by atoms with Crippen molar-refractivity contribution in [1.29, 1.82) is 0 Å². The number of carbonyl (C=O) groups excluding carboxylic acids is 2. The predicted molar refractivity (Wildman–Crippen MR) is 81.3 cm³/mol. The molecular weight excluding hydrogens is 284 g/mol. The first-order valence-corrected chi connectivity index (χ1v) is 7.62. The van der Waals surface area contributed by atoms with Crippen molar-refractivity contribution >= 4 is 11.9 Å². The van der Waals surface area contributed by atoms with Gasteiger partial charge in [-0.15, -0.1) is 0 Å². The fraction of sp³-hybridized carbons (Fsp3) is 0.562. The molecule has 2 rings (SSSR count). The number of esters is 1. The van der Waals surface area contributed by atoms with Crippen molar-refractivity contribution in [2.75, 3.05) is 7.11 Å². The normalized spacial score (nSPS) is 16.8. The van der Waals surface area contributed by atoms with Gasteiger partial charge in [0.25, 0.3) is 5.56 Å². The highest BCUT2D eigenvalue weighted by Crippen LogP contribution is 2.29. The summed E-state index contributed by atoms with van der Waals surface area (Å²) in [6, 6.07) is 4.86. The third kappa shape index (κ3) is 3.75. The van der Waals surface area contributed by atoms with Crippen LogP contribution in [0.5, 0.6) is 0 Å². The molecule has 1 amide bonds. The van der Waals surface area contributed by atoms with E-state index in [-0.39, 0.29) is 23.9 Å². The van der Waals surface area contributed by atoms with Crippen molar-refractivity contribution < 1.29 is 14.3 Å². The minimum atomic E-state index is -0.897. The summed E-state index contributed by atoms with van der Waals surface area (Å²) < 4.78 is 6.34. The molecule has 1 heterocycles. The molecule has 0 aromatic carbocycles. The van der Waals surface area contributed by atoms with E-state index in [4.69, 9.17) is 4.74 Å². The second-order valence-corrected chi connectivity index (χ2v) is 5.66. The molecule has 1 N–H and O–H groups in total. The number of aromatic nitrogens is 1. The van der Waals surface area contributed by atoms with Gasteiger partial charge in [-0.1, -0.05) is 25.3 Å². The number of ether oxygens (including phenoxy) is 1. The van der Waals surface area contributed by atoms with Crippen LogP contribution in [0.25, 0.3) is 0 Å². The molecule has 0 saturated heterocycles. The molecular formula is C16H22N2O4. The van der Waals surface area contributed by atoms with Crippen LogP contribution >= 0.6 is 0 Å². The number of amides is 1. The second-order valence-electron chi connectivity index (χ2n) is 5.66. The summed E-state index contributed by atoms with van der Waals surface area (Å²) in [6.45, 7) is 0.294. The predicted octanol–water partition coefficient (Wildman–Crippen LogP) is 1.23. The van der Waals surface area contributed by atoms with E-state index in [1.165, 1.54) is 17.7 Å². The van der Waals surface area contributed by atoms with E-state index in [0.29, 0.717) is 19.4 Å². The van der Waals surface area contributed by atoms with Gasteiger partial charge in [0.1, 0.15) is 5.54 Å². The maximum absolute atomic E-state index is 12.2. The van der Waals surface area contributed by atoms with E-state index in [1.807, 2.05) is 0 Å². The highest BCUT2D eigenvalue weighted by atomic mass is 16.5. The number of methoxy groups -OCH3 is 1. The summed E-state index contributed by atoms with van der Waals surface area (Å²) in [4.78, 5) is 35.8. The van der Waals surface area contributed by atoms with Crippen LogP contribution in [0.15, 0.2) is 29.2 Å². The average molecular weight is 306 g/mol. The Labute approximate surface area is 129 Å². The van der Waals surface area contributed by atoms with E-state index in [0.717, 1.165) is 19.3 Å². The Bertz CT molecular complexity index is 588. The van der Waals surface area contributed by atoms with Crippen molar-refractivity contribution in [1.82, 2.24) is 9.88 Å². The second kappa shape index (κ2) is 7.24. The lowest BCUT2D eigenvalue weighted by molar-refractivity contribution is -0.152. The zero-order valence-corrected chi connectivity index (χ0v) is 12.8. The van der Waals surface area contributed by atoms with Gasteiger partial charge >= 0.3 is 5.97 Å². The van der Waals surface area contributed by atoms with Gasteiger partial charge in [-0.3, -0.25) is 9.59 Å². The molecule has 0 bridgehead atoms. The maximum atomic E-state index is 12.2. The van der Waals surface area contributed by atoms with E-state index in [9.17, 15) is 14.4 Å². The molecule has 1 fully saturated rings. The smallest absolute Gasteiger partial charge is 0.331 e. The van der Waals surface area contributed by atoms with Crippen molar-refractivity contribution in [3.8, 4) is 0 Å². The van der Waals surface area contributed by atoms with E-state index in [2.05, 4.69) is 5.32 Å². The Morgan fingerprint density at radius 1 is 1.27 bits per heavy atom. The summed E-state index contributed by atoms with van der Waals surface area (Å²) in [5, 5.41) is 2.84. The number of pyridine rings is 1. The number of hydrogen-bond acceptors (Lipinski definition) is 4. The monoisotopic (exact) mass is 306 g/mol. The van der Waals surface area contributed by atoms with Gasteiger partial charge in [0.2, 0.25) is 5.91 Å². The van der Waals surface area contributed by atoms with Gasteiger partial charge in [0.15, 0.2) is 0 Å². The lowest BCUT2D eigenvalue weighted by Gasteiger charge is -2.35. The third-order valence-corrected chi connectivity index (χ3v) is 4.14. The SMILES string of the molecule is COC(=O)C1(NC(=O)CCn2ccccc2=O)CCCCC1. The highest BCUT2D eigenvalue weighted by molar-refractivity contribution is 5.88. The number of carbonyl (C=O) groups is 2. The summed E-state index contributed by atoms with van der Waals surface area (Å²) in [5.41, 5.74) is -1.04.